The fourth-order valence-electron chi connectivity index (χ4n) is 2.31. The first-order valence-corrected chi connectivity index (χ1v) is 7.85. The van der Waals surface area contributed by atoms with E-state index in [0.29, 0.717) is 30.4 Å². The monoisotopic (exact) mass is 271 g/mol. The number of aromatic amines is 1. The normalized spacial score (nSPS) is 22.9. The van der Waals surface area contributed by atoms with Gasteiger partial charge in [-0.15, -0.1) is 0 Å². The molecule has 1 unspecified atom stereocenters. The number of sulfonamides is 1. The number of nitrogens with one attached hydrogen (secondary N) is 1. The predicted molar refractivity (Wildman–Crippen MR) is 70.5 cm³/mol. The molecule has 0 saturated carbocycles. The quantitative estimate of drug-likeness (QED) is 0.869. The van der Waals surface area contributed by atoms with Crippen LogP contribution in [0.4, 0.5) is 0 Å². The van der Waals surface area contributed by atoms with Gasteiger partial charge in [0.05, 0.1) is 4.90 Å². The second-order valence-corrected chi connectivity index (χ2v) is 6.94. The molecule has 1 atom stereocenters. The van der Waals surface area contributed by atoms with Gasteiger partial charge in [0.2, 0.25) is 10.0 Å². The first kappa shape index (κ1) is 13.6. The summed E-state index contributed by atoms with van der Waals surface area (Å²) < 4.78 is 26.5. The maximum absolute atomic E-state index is 12.4. The van der Waals surface area contributed by atoms with Crippen LogP contribution < -0.4 is 5.73 Å². The molecule has 0 spiro atoms. The van der Waals surface area contributed by atoms with Gasteiger partial charge in [0.15, 0.2) is 0 Å². The molecule has 1 aromatic rings. The molecule has 1 saturated heterocycles. The summed E-state index contributed by atoms with van der Waals surface area (Å²) in [5.74, 6) is 0.607. The van der Waals surface area contributed by atoms with E-state index in [4.69, 9.17) is 5.73 Å². The van der Waals surface area contributed by atoms with Gasteiger partial charge in [-0.05, 0) is 31.2 Å². The Kier molecular flexibility index (Phi) is 4.09. The smallest absolute Gasteiger partial charge is 0.244 e. The summed E-state index contributed by atoms with van der Waals surface area (Å²) in [6, 6.07) is 1.63. The Balaban J connectivity index is 2.19. The molecule has 0 bridgehead atoms. The molecule has 5 nitrogen and oxygen atoms in total. The van der Waals surface area contributed by atoms with Crippen LogP contribution in [-0.2, 0) is 16.6 Å². The fourth-order valence-corrected chi connectivity index (χ4v) is 3.82. The lowest BCUT2D eigenvalue weighted by atomic mass is 10.0. The van der Waals surface area contributed by atoms with Crippen molar-refractivity contribution in [3.05, 3.63) is 18.0 Å². The van der Waals surface area contributed by atoms with Gasteiger partial charge >= 0.3 is 0 Å². The second-order valence-electron chi connectivity index (χ2n) is 5.00. The van der Waals surface area contributed by atoms with Gasteiger partial charge in [-0.2, -0.15) is 4.31 Å². The number of nitrogens with two attached hydrogens (primary N) is 1. The molecule has 0 radical (unpaired) electrons. The second kappa shape index (κ2) is 5.42. The molecule has 0 aromatic carbocycles. The van der Waals surface area contributed by atoms with Crippen LogP contribution in [0.3, 0.4) is 0 Å². The third-order valence-corrected chi connectivity index (χ3v) is 5.43. The van der Waals surface area contributed by atoms with Crippen LogP contribution in [0.2, 0.25) is 0 Å². The third-order valence-electron chi connectivity index (χ3n) is 3.55. The van der Waals surface area contributed by atoms with Crippen molar-refractivity contribution in [1.82, 2.24) is 9.29 Å². The van der Waals surface area contributed by atoms with Gasteiger partial charge in [0, 0.05) is 31.5 Å². The van der Waals surface area contributed by atoms with Crippen LogP contribution in [-0.4, -0.2) is 30.8 Å². The molecule has 3 N–H and O–H groups in total. The van der Waals surface area contributed by atoms with Crippen molar-refractivity contribution in [2.75, 3.05) is 13.1 Å². The molecule has 0 aliphatic carbocycles. The molecule has 1 aliphatic heterocycles. The number of aromatic nitrogens is 1. The van der Waals surface area contributed by atoms with E-state index < -0.39 is 10.0 Å². The molecule has 18 heavy (non-hydrogen) atoms. The maximum atomic E-state index is 12.4. The van der Waals surface area contributed by atoms with Gasteiger partial charge in [0.1, 0.15) is 0 Å². The minimum atomic E-state index is -3.35. The first-order valence-electron chi connectivity index (χ1n) is 6.41. The zero-order valence-corrected chi connectivity index (χ0v) is 11.5. The first-order chi connectivity index (χ1) is 8.54. The van der Waals surface area contributed by atoms with Crippen molar-refractivity contribution in [2.24, 2.45) is 11.7 Å². The molecule has 0 amide bonds. The SMILES string of the molecule is CC1CCCN(S(=O)(=O)c2c[nH]c(CN)c2)CC1. The molecule has 1 fully saturated rings. The summed E-state index contributed by atoms with van der Waals surface area (Å²) in [6.07, 6.45) is 4.51. The molecule has 1 aliphatic rings. The van der Waals surface area contributed by atoms with Crippen LogP contribution >= 0.6 is 0 Å². The van der Waals surface area contributed by atoms with E-state index >= 15 is 0 Å². The van der Waals surface area contributed by atoms with Crippen molar-refractivity contribution in [3.63, 3.8) is 0 Å². The zero-order chi connectivity index (χ0) is 13.2. The number of H-pyrrole nitrogens is 1. The van der Waals surface area contributed by atoms with E-state index in [1.807, 2.05) is 0 Å². The number of rotatable bonds is 3. The van der Waals surface area contributed by atoms with Crippen molar-refractivity contribution in [1.29, 1.82) is 0 Å². The van der Waals surface area contributed by atoms with Crippen molar-refractivity contribution >= 4 is 10.0 Å². The zero-order valence-electron chi connectivity index (χ0n) is 10.7. The Hall–Kier alpha value is -0.850. The van der Waals surface area contributed by atoms with Crippen molar-refractivity contribution < 1.29 is 8.42 Å². The van der Waals surface area contributed by atoms with Gasteiger partial charge in [0.25, 0.3) is 0 Å². The highest BCUT2D eigenvalue weighted by Gasteiger charge is 2.27. The Morgan fingerprint density at radius 1 is 1.44 bits per heavy atom. The Labute approximate surface area is 108 Å². The minimum Gasteiger partial charge on any atom is -0.363 e. The average Bonchev–Trinajstić information content (AvgIpc) is 2.72. The largest absolute Gasteiger partial charge is 0.363 e. The maximum Gasteiger partial charge on any atom is 0.244 e. The van der Waals surface area contributed by atoms with E-state index in [1.165, 1.54) is 6.20 Å². The summed E-state index contributed by atoms with van der Waals surface area (Å²) >= 11 is 0. The third kappa shape index (κ3) is 2.76. The minimum absolute atomic E-state index is 0.326. The molecular formula is C12H21N3O2S. The van der Waals surface area contributed by atoms with E-state index in [1.54, 1.807) is 10.4 Å². The Bertz CT molecular complexity index is 495. The lowest BCUT2D eigenvalue weighted by molar-refractivity contribution is 0.417. The molecule has 6 heteroatoms. The molecule has 1 aromatic heterocycles. The van der Waals surface area contributed by atoms with E-state index in [0.717, 1.165) is 25.0 Å². The molecule has 2 heterocycles. The highest BCUT2D eigenvalue weighted by Crippen LogP contribution is 2.23. The average molecular weight is 271 g/mol. The van der Waals surface area contributed by atoms with Crippen molar-refractivity contribution in [3.8, 4) is 0 Å². The summed E-state index contributed by atoms with van der Waals surface area (Å²) in [5, 5.41) is 0. The predicted octanol–water partition coefficient (Wildman–Crippen LogP) is 1.28. The van der Waals surface area contributed by atoms with Crippen LogP contribution in [0.15, 0.2) is 17.2 Å². The van der Waals surface area contributed by atoms with Gasteiger partial charge in [-0.3, -0.25) is 0 Å². The van der Waals surface area contributed by atoms with Crippen LogP contribution in [0.25, 0.3) is 0 Å². The van der Waals surface area contributed by atoms with Crippen molar-refractivity contribution in [2.45, 2.75) is 37.6 Å². The van der Waals surface area contributed by atoms with Crippen LogP contribution in [0.1, 0.15) is 31.9 Å². The Morgan fingerprint density at radius 2 is 2.22 bits per heavy atom. The summed E-state index contributed by atoms with van der Waals surface area (Å²) in [7, 11) is -3.35. The summed E-state index contributed by atoms with van der Waals surface area (Å²) in [5.41, 5.74) is 6.24. The van der Waals surface area contributed by atoms with Gasteiger partial charge < -0.3 is 10.7 Å². The van der Waals surface area contributed by atoms with E-state index in [2.05, 4.69) is 11.9 Å². The molecule has 2 rings (SSSR count). The summed E-state index contributed by atoms with van der Waals surface area (Å²) in [4.78, 5) is 3.23. The fraction of sp³-hybridized carbons (Fsp3) is 0.667. The number of hydrogen-bond acceptors (Lipinski definition) is 3. The van der Waals surface area contributed by atoms with Gasteiger partial charge in [-0.1, -0.05) is 6.92 Å². The topological polar surface area (TPSA) is 79.2 Å². The molecule has 102 valence electrons. The lowest BCUT2D eigenvalue weighted by Crippen LogP contribution is -2.31. The number of hydrogen-bond donors (Lipinski definition) is 2. The highest BCUT2D eigenvalue weighted by atomic mass is 32.2. The molecular weight excluding hydrogens is 250 g/mol. The van der Waals surface area contributed by atoms with E-state index in [-0.39, 0.29) is 0 Å². The van der Waals surface area contributed by atoms with E-state index in [9.17, 15) is 8.42 Å². The highest BCUT2D eigenvalue weighted by molar-refractivity contribution is 7.89. The van der Waals surface area contributed by atoms with Gasteiger partial charge in [-0.25, -0.2) is 8.42 Å². The summed E-state index contributed by atoms with van der Waals surface area (Å²) in [6.45, 7) is 3.74. The number of nitrogens with zero attached hydrogens (tertiary/aromatic N) is 1. The lowest BCUT2D eigenvalue weighted by Gasteiger charge is -2.19. The standard InChI is InChI=1S/C12H21N3O2S/c1-10-3-2-5-15(6-4-10)18(16,17)12-7-11(8-13)14-9-12/h7,9-10,14H,2-6,8,13H2,1H3. The van der Waals surface area contributed by atoms with Crippen LogP contribution in [0.5, 0.6) is 0 Å². The Morgan fingerprint density at radius 3 is 2.89 bits per heavy atom. The van der Waals surface area contributed by atoms with Crippen LogP contribution in [0, 0.1) is 5.92 Å².